The van der Waals surface area contributed by atoms with Gasteiger partial charge >= 0.3 is 11.9 Å². The van der Waals surface area contributed by atoms with E-state index in [0.29, 0.717) is 0 Å². The molecule has 12 heteroatoms. The van der Waals surface area contributed by atoms with E-state index < -0.39 is 65.6 Å². The van der Waals surface area contributed by atoms with Crippen molar-refractivity contribution in [2.24, 2.45) is 0 Å². The maximum Gasteiger partial charge on any atom is 0.303 e. The molecular formula is C48H54N2O8SSi. The summed E-state index contributed by atoms with van der Waals surface area (Å²) in [6, 6.07) is 42.8. The Morgan fingerprint density at radius 2 is 1.20 bits per heavy atom. The number of benzene rings is 5. The van der Waals surface area contributed by atoms with Crippen molar-refractivity contribution in [1.29, 1.82) is 0 Å². The number of hydrogen-bond donors (Lipinski definition) is 2. The maximum atomic E-state index is 14.5. The molecule has 1 amide bonds. The van der Waals surface area contributed by atoms with Crippen LogP contribution < -0.4 is 20.4 Å². The zero-order valence-electron chi connectivity index (χ0n) is 34.9. The predicted octanol–water partition coefficient (Wildman–Crippen LogP) is 6.87. The zero-order valence-corrected chi connectivity index (χ0v) is 36.7. The van der Waals surface area contributed by atoms with E-state index in [4.69, 9.17) is 13.9 Å². The van der Waals surface area contributed by atoms with Crippen LogP contribution in [0.2, 0.25) is 5.04 Å². The van der Waals surface area contributed by atoms with Crippen molar-refractivity contribution in [3.05, 3.63) is 168 Å². The van der Waals surface area contributed by atoms with Crippen molar-refractivity contribution < 1.29 is 36.7 Å². The highest BCUT2D eigenvalue weighted by atomic mass is 32.2. The third-order valence-electron chi connectivity index (χ3n) is 10.1. The van der Waals surface area contributed by atoms with E-state index in [9.17, 15) is 22.8 Å². The summed E-state index contributed by atoms with van der Waals surface area (Å²) in [5, 5.41) is 4.07. The first-order valence-corrected chi connectivity index (χ1v) is 23.3. The Kier molecular flexibility index (Phi) is 15.5. The third-order valence-corrected chi connectivity index (χ3v) is 16.6. The lowest BCUT2D eigenvalue weighted by Crippen LogP contribution is -2.70. The van der Waals surface area contributed by atoms with Gasteiger partial charge in [0, 0.05) is 20.4 Å². The van der Waals surface area contributed by atoms with Crippen LogP contribution in [0.4, 0.5) is 0 Å². The van der Waals surface area contributed by atoms with E-state index in [-0.39, 0.29) is 17.9 Å². The molecule has 0 saturated heterocycles. The van der Waals surface area contributed by atoms with Gasteiger partial charge in [0.2, 0.25) is 10.0 Å². The molecule has 314 valence electrons. The Balaban J connectivity index is 1.76. The van der Waals surface area contributed by atoms with Crippen LogP contribution in [0.1, 0.15) is 57.7 Å². The largest absolute Gasteiger partial charge is 0.458 e. The number of hydrogen-bond acceptors (Lipinski definition) is 8. The first-order chi connectivity index (χ1) is 28.6. The van der Waals surface area contributed by atoms with Gasteiger partial charge in [0.25, 0.3) is 14.2 Å². The summed E-state index contributed by atoms with van der Waals surface area (Å²) in [7, 11) is -7.98. The van der Waals surface area contributed by atoms with Crippen LogP contribution in [-0.4, -0.2) is 58.9 Å². The minimum Gasteiger partial charge on any atom is -0.458 e. The van der Waals surface area contributed by atoms with Crippen LogP contribution in [0, 0.1) is 6.92 Å². The monoisotopic (exact) mass is 846 g/mol. The van der Waals surface area contributed by atoms with Crippen molar-refractivity contribution in [1.82, 2.24) is 10.0 Å². The van der Waals surface area contributed by atoms with Crippen molar-refractivity contribution in [3.63, 3.8) is 0 Å². The van der Waals surface area contributed by atoms with Crippen LogP contribution in [0.3, 0.4) is 0 Å². The Hall–Kier alpha value is -5.66. The number of rotatable bonds is 18. The molecule has 0 bridgehead atoms. The summed E-state index contributed by atoms with van der Waals surface area (Å²) in [4.78, 5) is 40.7. The van der Waals surface area contributed by atoms with Gasteiger partial charge in [-0.1, -0.05) is 172 Å². The molecule has 0 fully saturated rings. The second-order valence-corrected chi connectivity index (χ2v) is 21.6. The van der Waals surface area contributed by atoms with E-state index in [2.05, 4.69) is 30.8 Å². The first-order valence-electron chi connectivity index (χ1n) is 19.9. The number of sulfonamides is 1. The molecule has 0 saturated carbocycles. The summed E-state index contributed by atoms with van der Waals surface area (Å²) in [5.41, 5.74) is 2.46. The van der Waals surface area contributed by atoms with Crippen LogP contribution in [-0.2, 0) is 44.9 Å². The van der Waals surface area contributed by atoms with Gasteiger partial charge in [0.05, 0.1) is 11.0 Å². The Morgan fingerprint density at radius 1 is 0.700 bits per heavy atom. The Labute approximate surface area is 355 Å². The molecule has 0 aromatic heterocycles. The van der Waals surface area contributed by atoms with Crippen LogP contribution in [0.5, 0.6) is 0 Å². The Morgan fingerprint density at radius 3 is 1.70 bits per heavy atom. The molecule has 5 aromatic carbocycles. The first kappa shape index (κ1) is 45.4. The third kappa shape index (κ3) is 11.8. The van der Waals surface area contributed by atoms with Gasteiger partial charge in [-0.3, -0.25) is 14.4 Å². The summed E-state index contributed by atoms with van der Waals surface area (Å²) < 4.78 is 51.3. The van der Waals surface area contributed by atoms with Gasteiger partial charge < -0.3 is 19.2 Å². The molecule has 0 unspecified atom stereocenters. The van der Waals surface area contributed by atoms with E-state index in [1.807, 2.05) is 140 Å². The molecule has 0 spiro atoms. The fourth-order valence-electron chi connectivity index (χ4n) is 7.26. The highest BCUT2D eigenvalue weighted by Gasteiger charge is 2.54. The van der Waals surface area contributed by atoms with Crippen molar-refractivity contribution in [2.45, 2.75) is 88.8 Å². The van der Waals surface area contributed by atoms with E-state index in [1.54, 1.807) is 12.1 Å². The molecule has 5 aromatic rings. The number of carbonyl (C=O) groups excluding carboxylic acids is 3. The van der Waals surface area contributed by atoms with Gasteiger partial charge in [-0.2, -0.15) is 4.72 Å². The molecule has 10 nitrogen and oxygen atoms in total. The predicted molar refractivity (Wildman–Crippen MR) is 237 cm³/mol. The average Bonchev–Trinajstić information content (AvgIpc) is 3.22. The molecule has 0 radical (unpaired) electrons. The van der Waals surface area contributed by atoms with Crippen molar-refractivity contribution in [3.8, 4) is 0 Å². The quantitative estimate of drug-likeness (QED) is 0.0721. The summed E-state index contributed by atoms with van der Waals surface area (Å²) >= 11 is 0. The van der Waals surface area contributed by atoms with Gasteiger partial charge in [-0.25, -0.2) is 8.42 Å². The molecule has 0 aliphatic heterocycles. The molecule has 0 aliphatic rings. The highest BCUT2D eigenvalue weighted by molar-refractivity contribution is 7.89. The van der Waals surface area contributed by atoms with Gasteiger partial charge in [-0.05, 0) is 52.0 Å². The van der Waals surface area contributed by atoms with E-state index in [1.165, 1.54) is 19.1 Å². The second kappa shape index (κ2) is 20.5. The SMILES string of the molecule is CC(=O)O[C@@H]([C@@H](NS(=O)(=O)c1ccc(C)cc1)[C@H](OC(C)=O)C(=O)NCc1ccccc1)[C@H](C/C=C/c1ccccc1)O[Si](c1ccccc1)(c1ccccc1)C(C)(C)C. The molecule has 2 N–H and O–H groups in total. The summed E-state index contributed by atoms with van der Waals surface area (Å²) in [5.74, 6) is -2.44. The average molecular weight is 847 g/mol. The molecule has 4 atom stereocenters. The summed E-state index contributed by atoms with van der Waals surface area (Å²) in [6.45, 7) is 10.5. The van der Waals surface area contributed by atoms with Crippen molar-refractivity contribution >= 4 is 52.6 Å². The number of carbonyl (C=O) groups is 3. The lowest BCUT2D eigenvalue weighted by molar-refractivity contribution is -0.166. The van der Waals surface area contributed by atoms with Gasteiger partial charge in [-0.15, -0.1) is 0 Å². The minimum atomic E-state index is -4.49. The number of ether oxygens (including phenoxy) is 2. The smallest absolute Gasteiger partial charge is 0.303 e. The van der Waals surface area contributed by atoms with Crippen LogP contribution >= 0.6 is 0 Å². The van der Waals surface area contributed by atoms with Gasteiger partial charge in [0.15, 0.2) is 6.10 Å². The lowest BCUT2D eigenvalue weighted by Gasteiger charge is -2.47. The van der Waals surface area contributed by atoms with Crippen molar-refractivity contribution in [2.75, 3.05) is 0 Å². The van der Waals surface area contributed by atoms with Crippen LogP contribution in [0.15, 0.2) is 157 Å². The molecular weight excluding hydrogens is 793 g/mol. The molecule has 0 aliphatic carbocycles. The number of nitrogens with one attached hydrogen (secondary N) is 2. The van der Waals surface area contributed by atoms with E-state index in [0.717, 1.165) is 34.0 Å². The molecule has 60 heavy (non-hydrogen) atoms. The lowest BCUT2D eigenvalue weighted by atomic mass is 9.97. The topological polar surface area (TPSA) is 137 Å². The maximum absolute atomic E-state index is 14.5. The zero-order chi connectivity index (χ0) is 43.3. The number of esters is 2. The van der Waals surface area contributed by atoms with E-state index >= 15 is 0 Å². The standard InChI is InChI=1S/C48H54N2O8SSi/c1-35-30-32-40(33-31-35)59(54,55)50-44(46(57-37(3)52)47(53)49-34-39-22-13-8-14-23-39)45(56-36(2)51)43(29-19-24-38-20-11-7-12-21-38)58-60(48(4,5)6,41-25-15-9-16-26-41)42-27-17-10-18-28-42/h7-28,30-33,43-46,50H,29,34H2,1-6H3,(H,49,53)/b24-19+/t43-,44+,45+,46-/m0/s1. The molecule has 5 rings (SSSR count). The Bertz CT molecular complexity index is 2260. The number of amides is 1. The minimum absolute atomic E-state index is 0.0366. The van der Waals surface area contributed by atoms with Gasteiger partial charge in [0.1, 0.15) is 12.1 Å². The fourth-order valence-corrected chi connectivity index (χ4v) is 13.2. The number of aryl methyl sites for hydroxylation is 1. The fraction of sp³-hybridized carbons (Fsp3) is 0.271. The molecule has 0 heterocycles. The summed E-state index contributed by atoms with van der Waals surface area (Å²) in [6.07, 6.45) is -0.662. The van der Waals surface area contributed by atoms with Crippen LogP contribution in [0.25, 0.3) is 6.08 Å². The highest BCUT2D eigenvalue weighted by Crippen LogP contribution is 2.39. The second-order valence-electron chi connectivity index (χ2n) is 15.6. The normalized spacial score (nSPS) is 14.1.